The second-order valence-corrected chi connectivity index (χ2v) is 9.65. The molecule has 0 bridgehead atoms. The van der Waals surface area contributed by atoms with Crippen molar-refractivity contribution in [3.05, 3.63) is 66.5 Å². The van der Waals surface area contributed by atoms with Crippen molar-refractivity contribution in [3.63, 3.8) is 0 Å². The van der Waals surface area contributed by atoms with Gasteiger partial charge in [-0.15, -0.1) is 0 Å². The number of likely N-dealkylation sites (tertiary alicyclic amines) is 1. The molecule has 0 atom stereocenters. The molecule has 0 unspecified atom stereocenters. The summed E-state index contributed by atoms with van der Waals surface area (Å²) in [5.41, 5.74) is 5.78. The number of amides is 1. The average Bonchev–Trinajstić information content (AvgIpc) is 3.66. The van der Waals surface area contributed by atoms with Gasteiger partial charge in [-0.2, -0.15) is 0 Å². The first-order chi connectivity index (χ1) is 16.0. The molecule has 2 heterocycles. The van der Waals surface area contributed by atoms with Crippen LogP contribution in [0.2, 0.25) is 0 Å². The lowest BCUT2D eigenvalue weighted by atomic mass is 9.93. The minimum absolute atomic E-state index is 0.0836. The highest BCUT2D eigenvalue weighted by atomic mass is 16.2. The van der Waals surface area contributed by atoms with E-state index in [4.69, 9.17) is 0 Å². The van der Waals surface area contributed by atoms with Crippen molar-refractivity contribution >= 4 is 28.2 Å². The van der Waals surface area contributed by atoms with Crippen LogP contribution < -0.4 is 10.6 Å². The standard InChI is InChI=1S/C28H32N4O/c1-18-4-9-25(30-19(2)20-10-12-32(3)13-11-20)16-26(18)23-8-7-22-15-27(29-17-24(22)14-23)31-28(33)21-5-6-21/h4,7-9,14-17,20-21,30H,2,5-6,10-13H2,1,3H3,(H,29,31,33). The maximum Gasteiger partial charge on any atom is 0.228 e. The molecule has 33 heavy (non-hydrogen) atoms. The molecule has 2 aliphatic rings. The Kier molecular flexibility index (Phi) is 5.90. The van der Waals surface area contributed by atoms with E-state index in [1.807, 2.05) is 12.3 Å². The summed E-state index contributed by atoms with van der Waals surface area (Å²) in [6.45, 7) is 8.74. The van der Waals surface area contributed by atoms with Crippen LogP contribution in [0.15, 0.2) is 60.9 Å². The molecule has 1 aliphatic carbocycles. The molecule has 1 saturated carbocycles. The maximum atomic E-state index is 12.0. The van der Waals surface area contributed by atoms with Gasteiger partial charge in [-0.05, 0) is 99.1 Å². The highest BCUT2D eigenvalue weighted by Crippen LogP contribution is 2.33. The van der Waals surface area contributed by atoms with E-state index >= 15 is 0 Å². The van der Waals surface area contributed by atoms with Crippen molar-refractivity contribution in [3.8, 4) is 11.1 Å². The topological polar surface area (TPSA) is 57.3 Å². The van der Waals surface area contributed by atoms with Crippen molar-refractivity contribution in [2.24, 2.45) is 11.8 Å². The minimum atomic E-state index is 0.0836. The summed E-state index contributed by atoms with van der Waals surface area (Å²) in [5, 5.41) is 8.64. The Morgan fingerprint density at radius 1 is 0.970 bits per heavy atom. The third-order valence-corrected chi connectivity index (χ3v) is 6.99. The molecule has 2 N–H and O–H groups in total. The summed E-state index contributed by atoms with van der Waals surface area (Å²) < 4.78 is 0. The van der Waals surface area contributed by atoms with Crippen LogP contribution in [0.25, 0.3) is 21.9 Å². The number of rotatable bonds is 6. The van der Waals surface area contributed by atoms with Crippen LogP contribution in [0.4, 0.5) is 11.5 Å². The van der Waals surface area contributed by atoms with Gasteiger partial charge in [0.1, 0.15) is 5.82 Å². The lowest BCUT2D eigenvalue weighted by Crippen LogP contribution is -2.31. The van der Waals surface area contributed by atoms with Gasteiger partial charge in [0, 0.05) is 34.8 Å². The van der Waals surface area contributed by atoms with Crippen LogP contribution in [0, 0.1) is 18.8 Å². The number of carbonyl (C=O) groups excluding carboxylic acids is 1. The van der Waals surface area contributed by atoms with Crippen molar-refractivity contribution in [2.45, 2.75) is 32.6 Å². The molecule has 0 spiro atoms. The Morgan fingerprint density at radius 2 is 1.76 bits per heavy atom. The van der Waals surface area contributed by atoms with Gasteiger partial charge in [-0.25, -0.2) is 4.98 Å². The van der Waals surface area contributed by atoms with Gasteiger partial charge in [0.2, 0.25) is 5.91 Å². The van der Waals surface area contributed by atoms with Crippen LogP contribution >= 0.6 is 0 Å². The molecule has 2 fully saturated rings. The fourth-order valence-electron chi connectivity index (χ4n) is 4.61. The zero-order valence-corrected chi connectivity index (χ0v) is 19.5. The zero-order valence-electron chi connectivity index (χ0n) is 19.5. The average molecular weight is 441 g/mol. The third-order valence-electron chi connectivity index (χ3n) is 6.99. The number of benzene rings is 2. The van der Waals surface area contributed by atoms with E-state index in [-0.39, 0.29) is 11.8 Å². The number of fused-ring (bicyclic) bond motifs is 1. The van der Waals surface area contributed by atoms with E-state index in [2.05, 4.69) is 77.5 Å². The van der Waals surface area contributed by atoms with Gasteiger partial charge in [0.25, 0.3) is 0 Å². The van der Waals surface area contributed by atoms with Gasteiger partial charge in [-0.1, -0.05) is 24.8 Å². The molecule has 1 saturated heterocycles. The van der Waals surface area contributed by atoms with Crippen LogP contribution in [-0.2, 0) is 4.79 Å². The highest BCUT2D eigenvalue weighted by molar-refractivity contribution is 5.96. The summed E-state index contributed by atoms with van der Waals surface area (Å²) in [7, 11) is 2.18. The molecule has 5 nitrogen and oxygen atoms in total. The van der Waals surface area contributed by atoms with Crippen LogP contribution in [0.1, 0.15) is 31.2 Å². The van der Waals surface area contributed by atoms with Crippen molar-refractivity contribution in [2.75, 3.05) is 30.8 Å². The smallest absolute Gasteiger partial charge is 0.228 e. The van der Waals surface area contributed by atoms with Gasteiger partial charge >= 0.3 is 0 Å². The van der Waals surface area contributed by atoms with Crippen LogP contribution in [-0.4, -0.2) is 35.9 Å². The van der Waals surface area contributed by atoms with Gasteiger partial charge < -0.3 is 15.5 Å². The molecule has 3 aromatic rings. The summed E-state index contributed by atoms with van der Waals surface area (Å²) in [6, 6.07) is 14.9. The zero-order chi connectivity index (χ0) is 22.9. The number of hydrogen-bond acceptors (Lipinski definition) is 4. The Hall–Kier alpha value is -3.18. The molecule has 0 radical (unpaired) electrons. The molecule has 170 valence electrons. The molecule has 1 aromatic heterocycles. The molecular formula is C28H32N4O. The SMILES string of the molecule is C=C(Nc1ccc(C)c(-c2ccc3cc(NC(=O)C4CC4)ncc3c2)c1)C1CCN(C)CC1. The predicted molar refractivity (Wildman–Crippen MR) is 136 cm³/mol. The summed E-state index contributed by atoms with van der Waals surface area (Å²) in [5.74, 6) is 1.40. The predicted octanol–water partition coefficient (Wildman–Crippen LogP) is 5.83. The number of carbonyl (C=O) groups is 1. The van der Waals surface area contributed by atoms with E-state index in [0.29, 0.717) is 11.7 Å². The van der Waals surface area contributed by atoms with Crippen molar-refractivity contribution in [1.29, 1.82) is 0 Å². The number of aromatic nitrogens is 1. The molecular weight excluding hydrogens is 408 g/mol. The Balaban J connectivity index is 1.35. The van der Waals surface area contributed by atoms with E-state index in [0.717, 1.165) is 66.5 Å². The molecule has 5 rings (SSSR count). The monoisotopic (exact) mass is 440 g/mol. The Labute approximate surface area is 195 Å². The fraction of sp³-hybridized carbons (Fsp3) is 0.357. The number of pyridine rings is 1. The molecule has 1 amide bonds. The lowest BCUT2D eigenvalue weighted by molar-refractivity contribution is -0.117. The van der Waals surface area contributed by atoms with Crippen molar-refractivity contribution < 1.29 is 4.79 Å². The van der Waals surface area contributed by atoms with Crippen molar-refractivity contribution in [1.82, 2.24) is 9.88 Å². The number of nitrogens with zero attached hydrogens (tertiary/aromatic N) is 2. The van der Waals surface area contributed by atoms with Crippen LogP contribution in [0.5, 0.6) is 0 Å². The number of piperidine rings is 1. The number of anilines is 2. The second kappa shape index (κ2) is 8.99. The Bertz CT molecular complexity index is 1210. The number of nitrogens with one attached hydrogen (secondary N) is 2. The molecule has 1 aliphatic heterocycles. The van der Waals surface area contributed by atoms with Gasteiger partial charge in [0.15, 0.2) is 0 Å². The number of hydrogen-bond donors (Lipinski definition) is 2. The maximum absolute atomic E-state index is 12.0. The summed E-state index contributed by atoms with van der Waals surface area (Å²) in [6.07, 6.45) is 6.13. The number of allylic oxidation sites excluding steroid dienone is 1. The first kappa shape index (κ1) is 21.7. The van der Waals surface area contributed by atoms with Gasteiger partial charge in [0.05, 0.1) is 0 Å². The highest BCUT2D eigenvalue weighted by Gasteiger charge is 2.29. The third kappa shape index (κ3) is 4.93. The first-order valence-corrected chi connectivity index (χ1v) is 11.9. The van der Waals surface area contributed by atoms with E-state index in [1.54, 1.807) is 0 Å². The lowest BCUT2D eigenvalue weighted by Gasteiger charge is -2.30. The second-order valence-electron chi connectivity index (χ2n) is 9.65. The number of aryl methyl sites for hydroxylation is 1. The summed E-state index contributed by atoms with van der Waals surface area (Å²) in [4.78, 5) is 18.9. The molecule has 5 heteroatoms. The fourth-order valence-corrected chi connectivity index (χ4v) is 4.61. The Morgan fingerprint density at radius 3 is 2.52 bits per heavy atom. The van der Waals surface area contributed by atoms with E-state index in [9.17, 15) is 4.79 Å². The largest absolute Gasteiger partial charge is 0.359 e. The molecule has 2 aromatic carbocycles. The minimum Gasteiger partial charge on any atom is -0.359 e. The van der Waals surface area contributed by atoms with Crippen LogP contribution in [0.3, 0.4) is 0 Å². The summed E-state index contributed by atoms with van der Waals surface area (Å²) >= 11 is 0. The quantitative estimate of drug-likeness (QED) is 0.507. The van der Waals surface area contributed by atoms with Gasteiger partial charge in [-0.3, -0.25) is 4.79 Å². The van der Waals surface area contributed by atoms with E-state index < -0.39 is 0 Å². The normalized spacial score (nSPS) is 17.2. The first-order valence-electron chi connectivity index (χ1n) is 11.9. The van der Waals surface area contributed by atoms with E-state index in [1.165, 1.54) is 11.1 Å².